The number of ether oxygens (including phenoxy) is 1. The lowest BCUT2D eigenvalue weighted by Gasteiger charge is -2.08. The number of carboxylic acid groups (broad SMARTS) is 1. The number of carbonyl (C=O) groups is 1. The van der Waals surface area contributed by atoms with Crippen LogP contribution in [0.3, 0.4) is 0 Å². The second kappa shape index (κ2) is 5.27. The standard InChI is InChI=1S/C12H12ClN3O3/c1-3-9-11(12(17)18)14-15-16(9)7-4-5-8(13)10(6-7)19-2/h4-6H,3H2,1-2H3,(H,17,18). The summed E-state index contributed by atoms with van der Waals surface area (Å²) >= 11 is 5.95. The van der Waals surface area contributed by atoms with Gasteiger partial charge in [-0.3, -0.25) is 0 Å². The first-order valence-corrected chi connectivity index (χ1v) is 5.98. The van der Waals surface area contributed by atoms with Crippen LogP contribution in [-0.4, -0.2) is 33.2 Å². The Bertz CT molecular complexity index is 625. The Morgan fingerprint density at radius 2 is 2.26 bits per heavy atom. The van der Waals surface area contributed by atoms with Gasteiger partial charge in [0.15, 0.2) is 5.69 Å². The maximum atomic E-state index is 11.0. The van der Waals surface area contributed by atoms with Gasteiger partial charge in [0.25, 0.3) is 0 Å². The SMILES string of the molecule is CCc1c(C(=O)O)nnn1-c1ccc(Cl)c(OC)c1. The number of aromatic nitrogens is 3. The molecule has 0 radical (unpaired) electrons. The summed E-state index contributed by atoms with van der Waals surface area (Å²) in [6.45, 7) is 1.84. The Labute approximate surface area is 114 Å². The van der Waals surface area contributed by atoms with Crippen LogP contribution in [0.2, 0.25) is 5.02 Å². The molecule has 0 spiro atoms. The molecule has 0 fully saturated rings. The number of aromatic carboxylic acids is 1. The molecule has 2 rings (SSSR count). The van der Waals surface area contributed by atoms with Crippen molar-refractivity contribution in [1.82, 2.24) is 15.0 Å². The third-order valence-electron chi connectivity index (χ3n) is 2.68. The van der Waals surface area contributed by atoms with Gasteiger partial charge in [0.1, 0.15) is 5.75 Å². The largest absolute Gasteiger partial charge is 0.495 e. The normalized spacial score (nSPS) is 10.5. The number of nitrogens with zero attached hydrogens (tertiary/aromatic N) is 3. The van der Waals surface area contributed by atoms with Gasteiger partial charge in [0.05, 0.1) is 23.5 Å². The highest BCUT2D eigenvalue weighted by atomic mass is 35.5. The molecule has 0 unspecified atom stereocenters. The van der Waals surface area contributed by atoms with Gasteiger partial charge in [-0.05, 0) is 18.6 Å². The summed E-state index contributed by atoms with van der Waals surface area (Å²) in [6.07, 6.45) is 0.500. The molecule has 0 saturated heterocycles. The van der Waals surface area contributed by atoms with Crippen molar-refractivity contribution >= 4 is 17.6 Å². The first-order valence-electron chi connectivity index (χ1n) is 5.60. The lowest BCUT2D eigenvalue weighted by Crippen LogP contribution is -2.06. The molecule has 1 heterocycles. The quantitative estimate of drug-likeness (QED) is 0.929. The van der Waals surface area contributed by atoms with Crippen LogP contribution in [0.15, 0.2) is 18.2 Å². The highest BCUT2D eigenvalue weighted by Gasteiger charge is 2.18. The van der Waals surface area contributed by atoms with Crippen molar-refractivity contribution in [1.29, 1.82) is 0 Å². The number of methoxy groups -OCH3 is 1. The maximum Gasteiger partial charge on any atom is 0.358 e. The molecule has 1 aromatic carbocycles. The van der Waals surface area contributed by atoms with E-state index in [2.05, 4.69) is 10.3 Å². The summed E-state index contributed by atoms with van der Waals surface area (Å²) in [7, 11) is 1.51. The van der Waals surface area contributed by atoms with Gasteiger partial charge in [-0.25, -0.2) is 9.48 Å². The van der Waals surface area contributed by atoms with E-state index in [-0.39, 0.29) is 5.69 Å². The monoisotopic (exact) mass is 281 g/mol. The third-order valence-corrected chi connectivity index (χ3v) is 2.99. The average molecular weight is 282 g/mol. The molecule has 7 heteroatoms. The Hall–Kier alpha value is -2.08. The van der Waals surface area contributed by atoms with Crippen molar-refractivity contribution in [3.8, 4) is 11.4 Å². The minimum absolute atomic E-state index is 0.0450. The van der Waals surface area contributed by atoms with E-state index in [0.717, 1.165) is 0 Å². The van der Waals surface area contributed by atoms with Crippen LogP contribution in [0.5, 0.6) is 5.75 Å². The molecule has 100 valence electrons. The van der Waals surface area contributed by atoms with Crippen LogP contribution >= 0.6 is 11.6 Å². The number of carboxylic acids is 1. The summed E-state index contributed by atoms with van der Waals surface area (Å²) in [5.41, 5.74) is 1.13. The maximum absolute atomic E-state index is 11.0. The summed E-state index contributed by atoms with van der Waals surface area (Å²) in [5.74, 6) is -0.599. The Kier molecular flexibility index (Phi) is 3.71. The van der Waals surface area contributed by atoms with Crippen LogP contribution < -0.4 is 4.74 Å². The number of halogens is 1. The van der Waals surface area contributed by atoms with Gasteiger partial charge >= 0.3 is 5.97 Å². The van der Waals surface area contributed by atoms with Gasteiger partial charge in [-0.15, -0.1) is 5.10 Å². The van der Waals surface area contributed by atoms with E-state index in [4.69, 9.17) is 21.4 Å². The van der Waals surface area contributed by atoms with Crippen LogP contribution in [0.1, 0.15) is 23.1 Å². The number of hydrogen-bond acceptors (Lipinski definition) is 4. The summed E-state index contributed by atoms with van der Waals surface area (Å²) in [6, 6.07) is 5.07. The zero-order valence-corrected chi connectivity index (χ0v) is 11.2. The molecule has 0 atom stereocenters. The summed E-state index contributed by atoms with van der Waals surface area (Å²) in [5, 5.41) is 17.1. The van der Waals surface area contributed by atoms with Crippen molar-refractivity contribution < 1.29 is 14.6 Å². The minimum Gasteiger partial charge on any atom is -0.495 e. The second-order valence-electron chi connectivity index (χ2n) is 3.77. The lowest BCUT2D eigenvalue weighted by atomic mass is 10.2. The van der Waals surface area contributed by atoms with Crippen molar-refractivity contribution in [3.05, 3.63) is 34.6 Å². The number of rotatable bonds is 4. The predicted octanol–water partition coefficient (Wildman–Crippen LogP) is 2.19. The predicted molar refractivity (Wildman–Crippen MR) is 69.3 cm³/mol. The first kappa shape index (κ1) is 13.4. The highest BCUT2D eigenvalue weighted by Crippen LogP contribution is 2.27. The Balaban J connectivity index is 2.56. The minimum atomic E-state index is -1.09. The summed E-state index contributed by atoms with van der Waals surface area (Å²) in [4.78, 5) is 11.0. The van der Waals surface area contributed by atoms with Crippen LogP contribution in [0, 0.1) is 0 Å². The number of benzene rings is 1. The fourth-order valence-electron chi connectivity index (χ4n) is 1.77. The van der Waals surface area contributed by atoms with E-state index in [1.165, 1.54) is 11.8 Å². The molecular weight excluding hydrogens is 270 g/mol. The van der Waals surface area contributed by atoms with E-state index in [0.29, 0.717) is 28.6 Å². The number of hydrogen-bond donors (Lipinski definition) is 1. The van der Waals surface area contributed by atoms with Crippen molar-refractivity contribution in [2.24, 2.45) is 0 Å². The van der Waals surface area contributed by atoms with Crippen molar-refractivity contribution in [3.63, 3.8) is 0 Å². The lowest BCUT2D eigenvalue weighted by molar-refractivity contribution is 0.0689. The average Bonchev–Trinajstić information content (AvgIpc) is 2.83. The van der Waals surface area contributed by atoms with Crippen molar-refractivity contribution in [2.45, 2.75) is 13.3 Å². The molecule has 0 aliphatic carbocycles. The molecule has 0 saturated carbocycles. The van der Waals surface area contributed by atoms with Gasteiger partial charge in [0.2, 0.25) is 0 Å². The molecule has 6 nitrogen and oxygen atoms in total. The van der Waals surface area contributed by atoms with E-state index in [9.17, 15) is 4.79 Å². The second-order valence-corrected chi connectivity index (χ2v) is 4.18. The zero-order valence-electron chi connectivity index (χ0n) is 10.4. The van der Waals surface area contributed by atoms with E-state index in [1.807, 2.05) is 6.92 Å². The first-order chi connectivity index (χ1) is 9.08. The van der Waals surface area contributed by atoms with Gasteiger partial charge < -0.3 is 9.84 Å². The highest BCUT2D eigenvalue weighted by molar-refractivity contribution is 6.32. The molecule has 0 amide bonds. The molecule has 1 aromatic heterocycles. The van der Waals surface area contributed by atoms with E-state index < -0.39 is 5.97 Å². The molecule has 19 heavy (non-hydrogen) atoms. The van der Waals surface area contributed by atoms with Crippen LogP contribution in [0.4, 0.5) is 0 Å². The van der Waals surface area contributed by atoms with Gasteiger partial charge in [-0.1, -0.05) is 23.7 Å². The van der Waals surface area contributed by atoms with Gasteiger partial charge in [0, 0.05) is 6.07 Å². The third kappa shape index (κ3) is 2.39. The molecule has 0 aliphatic rings. The fraction of sp³-hybridized carbons (Fsp3) is 0.250. The van der Waals surface area contributed by atoms with Crippen LogP contribution in [-0.2, 0) is 6.42 Å². The molecule has 1 N–H and O–H groups in total. The summed E-state index contributed by atoms with van der Waals surface area (Å²) < 4.78 is 6.60. The molecule has 0 aliphatic heterocycles. The Morgan fingerprint density at radius 3 is 2.84 bits per heavy atom. The van der Waals surface area contributed by atoms with Crippen LogP contribution in [0.25, 0.3) is 5.69 Å². The van der Waals surface area contributed by atoms with Crippen molar-refractivity contribution in [2.75, 3.05) is 7.11 Å². The molecular formula is C12H12ClN3O3. The van der Waals surface area contributed by atoms with Gasteiger partial charge in [-0.2, -0.15) is 0 Å². The topological polar surface area (TPSA) is 77.2 Å². The zero-order chi connectivity index (χ0) is 14.0. The van der Waals surface area contributed by atoms with E-state index in [1.54, 1.807) is 18.2 Å². The Morgan fingerprint density at radius 1 is 1.53 bits per heavy atom. The fourth-order valence-corrected chi connectivity index (χ4v) is 1.97. The molecule has 0 bridgehead atoms. The smallest absolute Gasteiger partial charge is 0.358 e. The molecule has 2 aromatic rings. The van der Waals surface area contributed by atoms with E-state index >= 15 is 0 Å².